The minimum atomic E-state index is -0.412. The Morgan fingerprint density at radius 2 is 2.23 bits per heavy atom. The summed E-state index contributed by atoms with van der Waals surface area (Å²) in [6, 6.07) is 4.54. The maximum atomic E-state index is 12.8. The summed E-state index contributed by atoms with van der Waals surface area (Å²) in [4.78, 5) is 0. The van der Waals surface area contributed by atoms with Crippen molar-refractivity contribution >= 4 is 23.5 Å². The molecule has 1 aromatic carbocycles. The summed E-state index contributed by atoms with van der Waals surface area (Å²) in [5, 5.41) is 7.72. The van der Waals surface area contributed by atoms with Crippen LogP contribution >= 0.6 is 11.6 Å². The fourth-order valence-corrected chi connectivity index (χ4v) is 1.31. The van der Waals surface area contributed by atoms with E-state index in [4.69, 9.17) is 11.6 Å². The molecule has 0 radical (unpaired) electrons. The molecule has 0 amide bonds. The standard InChI is InChI=1S/C9H6ClFN2/c10-7-5-6(1-2-8(7)11)9-3-4-12-13-9/h1-2,4-5H,3H2. The molecule has 0 fully saturated rings. The average Bonchev–Trinajstić information content (AvgIpc) is 2.62. The smallest absolute Gasteiger partial charge is 0.141 e. The highest BCUT2D eigenvalue weighted by Gasteiger charge is 2.08. The van der Waals surface area contributed by atoms with E-state index in [0.29, 0.717) is 6.42 Å². The lowest BCUT2D eigenvalue weighted by molar-refractivity contribution is 0.628. The Balaban J connectivity index is 2.37. The Morgan fingerprint density at radius 1 is 1.38 bits per heavy atom. The summed E-state index contributed by atoms with van der Waals surface area (Å²) in [6.45, 7) is 0. The molecule has 1 aliphatic heterocycles. The van der Waals surface area contributed by atoms with Gasteiger partial charge in [0.2, 0.25) is 0 Å². The van der Waals surface area contributed by atoms with Gasteiger partial charge in [-0.2, -0.15) is 10.2 Å². The molecule has 0 spiro atoms. The van der Waals surface area contributed by atoms with E-state index in [1.165, 1.54) is 6.07 Å². The maximum Gasteiger partial charge on any atom is 0.141 e. The van der Waals surface area contributed by atoms with Gasteiger partial charge in [-0.25, -0.2) is 4.39 Å². The van der Waals surface area contributed by atoms with Gasteiger partial charge in [0.1, 0.15) is 5.82 Å². The van der Waals surface area contributed by atoms with Gasteiger partial charge in [0.05, 0.1) is 10.7 Å². The van der Waals surface area contributed by atoms with Crippen molar-refractivity contribution in [3.05, 3.63) is 34.6 Å². The lowest BCUT2D eigenvalue weighted by Gasteiger charge is -2.00. The fraction of sp³-hybridized carbons (Fsp3) is 0.111. The highest BCUT2D eigenvalue weighted by molar-refractivity contribution is 6.31. The van der Waals surface area contributed by atoms with Crippen molar-refractivity contribution in [3.63, 3.8) is 0 Å². The number of rotatable bonds is 1. The Morgan fingerprint density at radius 3 is 2.85 bits per heavy atom. The first-order chi connectivity index (χ1) is 6.27. The Labute approximate surface area is 79.7 Å². The molecule has 0 aromatic heterocycles. The fourth-order valence-electron chi connectivity index (χ4n) is 1.13. The lowest BCUT2D eigenvalue weighted by Crippen LogP contribution is -1.97. The second-order valence-corrected chi connectivity index (χ2v) is 3.08. The summed E-state index contributed by atoms with van der Waals surface area (Å²) in [5.74, 6) is -0.412. The summed E-state index contributed by atoms with van der Waals surface area (Å²) in [7, 11) is 0. The van der Waals surface area contributed by atoms with E-state index in [9.17, 15) is 4.39 Å². The van der Waals surface area contributed by atoms with Crippen molar-refractivity contribution in [2.75, 3.05) is 0 Å². The number of halogens is 2. The number of hydrogen-bond acceptors (Lipinski definition) is 2. The third-order valence-corrected chi connectivity index (χ3v) is 2.09. The summed E-state index contributed by atoms with van der Waals surface area (Å²) in [6.07, 6.45) is 2.38. The first-order valence-corrected chi connectivity index (χ1v) is 4.19. The Hall–Kier alpha value is -1.22. The maximum absolute atomic E-state index is 12.8. The molecular weight excluding hydrogens is 191 g/mol. The zero-order chi connectivity index (χ0) is 9.26. The van der Waals surface area contributed by atoms with Gasteiger partial charge < -0.3 is 0 Å². The summed E-state index contributed by atoms with van der Waals surface area (Å²) >= 11 is 5.62. The number of nitrogens with zero attached hydrogens (tertiary/aromatic N) is 2. The van der Waals surface area contributed by atoms with Crippen molar-refractivity contribution in [1.82, 2.24) is 0 Å². The van der Waals surface area contributed by atoms with Crippen LogP contribution < -0.4 is 0 Å². The molecule has 0 atom stereocenters. The predicted molar refractivity (Wildman–Crippen MR) is 51.1 cm³/mol. The van der Waals surface area contributed by atoms with Crippen LogP contribution in [-0.4, -0.2) is 11.9 Å². The number of benzene rings is 1. The zero-order valence-corrected chi connectivity index (χ0v) is 7.42. The topological polar surface area (TPSA) is 24.7 Å². The molecule has 2 rings (SSSR count). The molecule has 1 heterocycles. The average molecular weight is 197 g/mol. The van der Waals surface area contributed by atoms with Crippen molar-refractivity contribution < 1.29 is 4.39 Å². The van der Waals surface area contributed by atoms with Gasteiger partial charge >= 0.3 is 0 Å². The third-order valence-electron chi connectivity index (χ3n) is 1.80. The highest BCUT2D eigenvalue weighted by Crippen LogP contribution is 2.18. The largest absolute Gasteiger partial charge is 0.205 e. The minimum Gasteiger partial charge on any atom is -0.205 e. The molecule has 1 aliphatic rings. The van der Waals surface area contributed by atoms with Crippen molar-refractivity contribution in [3.8, 4) is 0 Å². The van der Waals surface area contributed by atoms with Crippen molar-refractivity contribution in [1.29, 1.82) is 0 Å². The van der Waals surface area contributed by atoms with Crippen molar-refractivity contribution in [2.45, 2.75) is 6.42 Å². The summed E-state index contributed by atoms with van der Waals surface area (Å²) in [5.41, 5.74) is 1.64. The third kappa shape index (κ3) is 1.60. The molecule has 0 N–H and O–H groups in total. The van der Waals surface area contributed by atoms with Crippen LogP contribution in [0.4, 0.5) is 4.39 Å². The number of hydrogen-bond donors (Lipinski definition) is 0. The Bertz CT molecular complexity index is 399. The van der Waals surface area contributed by atoms with Gasteiger partial charge in [0, 0.05) is 12.6 Å². The van der Waals surface area contributed by atoms with Gasteiger partial charge in [-0.3, -0.25) is 0 Å². The minimum absolute atomic E-state index is 0.118. The molecule has 4 heteroatoms. The summed E-state index contributed by atoms with van der Waals surface area (Å²) < 4.78 is 12.8. The van der Waals surface area contributed by atoms with Gasteiger partial charge in [0.15, 0.2) is 0 Å². The van der Waals surface area contributed by atoms with Gasteiger partial charge in [-0.05, 0) is 17.7 Å². The van der Waals surface area contributed by atoms with Crippen LogP contribution in [0.1, 0.15) is 12.0 Å². The molecule has 2 nitrogen and oxygen atoms in total. The first kappa shape index (κ1) is 8.38. The van der Waals surface area contributed by atoms with Crippen LogP contribution in [0.3, 0.4) is 0 Å². The molecule has 0 unspecified atom stereocenters. The second-order valence-electron chi connectivity index (χ2n) is 2.68. The molecule has 1 aromatic rings. The Kier molecular flexibility index (Phi) is 2.10. The van der Waals surface area contributed by atoms with Crippen LogP contribution in [0, 0.1) is 5.82 Å². The van der Waals surface area contributed by atoms with Crippen LogP contribution in [0.25, 0.3) is 0 Å². The van der Waals surface area contributed by atoms with Crippen LogP contribution in [0.5, 0.6) is 0 Å². The van der Waals surface area contributed by atoms with E-state index in [2.05, 4.69) is 10.2 Å². The SMILES string of the molecule is Fc1ccc(C2=NN=CC2)cc1Cl. The lowest BCUT2D eigenvalue weighted by atomic mass is 10.1. The van der Waals surface area contributed by atoms with Crippen molar-refractivity contribution in [2.24, 2.45) is 10.2 Å². The quantitative estimate of drug-likeness (QED) is 0.660. The molecule has 66 valence electrons. The molecule has 0 saturated heterocycles. The molecule has 0 saturated carbocycles. The molecular formula is C9H6ClFN2. The van der Waals surface area contributed by atoms with Crippen LogP contribution in [0.15, 0.2) is 28.4 Å². The van der Waals surface area contributed by atoms with E-state index in [1.54, 1.807) is 18.3 Å². The van der Waals surface area contributed by atoms with E-state index in [1.807, 2.05) is 0 Å². The van der Waals surface area contributed by atoms with Gasteiger partial charge in [0.25, 0.3) is 0 Å². The zero-order valence-electron chi connectivity index (χ0n) is 6.67. The first-order valence-electron chi connectivity index (χ1n) is 3.81. The van der Waals surface area contributed by atoms with Gasteiger partial charge in [-0.15, -0.1) is 0 Å². The normalized spacial score (nSPS) is 14.8. The van der Waals surface area contributed by atoms with Crippen LogP contribution in [0.2, 0.25) is 5.02 Å². The highest BCUT2D eigenvalue weighted by atomic mass is 35.5. The second kappa shape index (κ2) is 3.26. The molecule has 13 heavy (non-hydrogen) atoms. The van der Waals surface area contributed by atoms with Crippen LogP contribution in [-0.2, 0) is 0 Å². The molecule has 0 bridgehead atoms. The monoisotopic (exact) mass is 196 g/mol. The van der Waals surface area contributed by atoms with E-state index < -0.39 is 5.82 Å². The predicted octanol–water partition coefficient (Wildman–Crippen LogP) is 2.66. The van der Waals surface area contributed by atoms with E-state index >= 15 is 0 Å². The van der Waals surface area contributed by atoms with E-state index in [0.717, 1.165) is 11.3 Å². The van der Waals surface area contributed by atoms with E-state index in [-0.39, 0.29) is 5.02 Å². The van der Waals surface area contributed by atoms with Gasteiger partial charge in [-0.1, -0.05) is 17.7 Å². The molecule has 0 aliphatic carbocycles.